The van der Waals surface area contributed by atoms with Gasteiger partial charge in [-0.3, -0.25) is 4.79 Å². The van der Waals surface area contributed by atoms with Gasteiger partial charge < -0.3 is 15.2 Å². The Kier molecular flexibility index (Phi) is 2.78. The van der Waals surface area contributed by atoms with Gasteiger partial charge in [-0.2, -0.15) is 0 Å². The molecule has 4 nitrogen and oxygen atoms in total. The highest BCUT2D eigenvalue weighted by Crippen LogP contribution is 2.43. The first kappa shape index (κ1) is 12.5. The minimum atomic E-state index is -0.780. The van der Waals surface area contributed by atoms with Gasteiger partial charge in [-0.25, -0.2) is 0 Å². The summed E-state index contributed by atoms with van der Waals surface area (Å²) >= 11 is 0. The summed E-state index contributed by atoms with van der Waals surface area (Å²) in [7, 11) is 0. The van der Waals surface area contributed by atoms with E-state index >= 15 is 0 Å². The number of ether oxygens (including phenoxy) is 1. The lowest BCUT2D eigenvalue weighted by Crippen LogP contribution is -2.34. The summed E-state index contributed by atoms with van der Waals surface area (Å²) in [5, 5.41) is 12.4. The number of hydrogen-bond donors (Lipinski definition) is 2. The summed E-state index contributed by atoms with van der Waals surface area (Å²) in [6, 6.07) is 5.59. The van der Waals surface area contributed by atoms with Gasteiger partial charge in [-0.15, -0.1) is 0 Å². The molecule has 1 aromatic carbocycles. The molecular weight excluding hydrogens is 242 g/mol. The van der Waals surface area contributed by atoms with Gasteiger partial charge in [0.15, 0.2) is 0 Å². The van der Waals surface area contributed by atoms with E-state index in [0.717, 1.165) is 30.7 Å². The summed E-state index contributed by atoms with van der Waals surface area (Å²) in [5.74, 6) is 0.131. The molecule has 4 heteroatoms. The average Bonchev–Trinajstić information content (AvgIpc) is 2.89. The minimum absolute atomic E-state index is 0.00125. The van der Waals surface area contributed by atoms with E-state index < -0.39 is 12.0 Å². The Morgan fingerprint density at radius 3 is 3.00 bits per heavy atom. The Morgan fingerprint density at radius 2 is 2.26 bits per heavy atom. The largest absolute Gasteiger partial charge is 0.487 e. The molecule has 0 saturated carbocycles. The maximum atomic E-state index is 11.3. The molecule has 2 N–H and O–H groups in total. The van der Waals surface area contributed by atoms with Crippen molar-refractivity contribution in [1.29, 1.82) is 0 Å². The Morgan fingerprint density at radius 1 is 1.47 bits per heavy atom. The van der Waals surface area contributed by atoms with Crippen molar-refractivity contribution in [1.82, 2.24) is 5.32 Å². The normalized spacial score (nSPS) is 27.9. The van der Waals surface area contributed by atoms with Crippen molar-refractivity contribution >= 4 is 5.97 Å². The fourth-order valence-corrected chi connectivity index (χ4v) is 3.23. The summed E-state index contributed by atoms with van der Waals surface area (Å²) in [6.07, 6.45) is 1.73. The predicted molar refractivity (Wildman–Crippen MR) is 71.6 cm³/mol. The molecule has 2 unspecified atom stereocenters. The Hall–Kier alpha value is -1.55. The molecule has 0 amide bonds. The monoisotopic (exact) mass is 261 g/mol. The van der Waals surface area contributed by atoms with E-state index in [2.05, 4.69) is 25.2 Å². The number of aliphatic carboxylic acids is 1. The molecule has 0 aromatic heterocycles. The molecule has 2 atom stereocenters. The molecule has 0 spiro atoms. The number of carboxylic acids is 1. The van der Waals surface area contributed by atoms with Gasteiger partial charge in [0.25, 0.3) is 0 Å². The third-order valence-electron chi connectivity index (χ3n) is 4.01. The molecule has 2 aliphatic rings. The van der Waals surface area contributed by atoms with E-state index in [4.69, 9.17) is 4.74 Å². The Labute approximate surface area is 112 Å². The quantitative estimate of drug-likeness (QED) is 0.854. The van der Waals surface area contributed by atoms with Gasteiger partial charge in [0.2, 0.25) is 0 Å². The van der Waals surface area contributed by atoms with E-state index in [1.54, 1.807) is 0 Å². The number of carbonyl (C=O) groups is 1. The van der Waals surface area contributed by atoms with Crippen LogP contribution in [0.3, 0.4) is 0 Å². The third-order valence-corrected chi connectivity index (χ3v) is 4.01. The van der Waals surface area contributed by atoms with Gasteiger partial charge in [0.05, 0.1) is 0 Å². The van der Waals surface area contributed by atoms with Crippen LogP contribution >= 0.6 is 0 Å². The van der Waals surface area contributed by atoms with Crippen LogP contribution in [0.1, 0.15) is 37.3 Å². The number of carboxylic acid groups (broad SMARTS) is 1. The second-order valence-electron chi connectivity index (χ2n) is 6.04. The zero-order valence-electron chi connectivity index (χ0n) is 11.3. The van der Waals surface area contributed by atoms with Crippen molar-refractivity contribution in [3.8, 4) is 5.75 Å². The number of fused-ring (bicyclic) bond motifs is 1. The lowest BCUT2D eigenvalue weighted by molar-refractivity contribution is -0.139. The van der Waals surface area contributed by atoms with E-state index in [-0.39, 0.29) is 11.5 Å². The van der Waals surface area contributed by atoms with Crippen LogP contribution in [0, 0.1) is 0 Å². The Balaban J connectivity index is 1.99. The highest BCUT2D eigenvalue weighted by Gasteiger charge is 2.39. The van der Waals surface area contributed by atoms with Crippen molar-refractivity contribution in [2.24, 2.45) is 0 Å². The molecule has 1 saturated heterocycles. The number of nitrogens with one attached hydrogen (secondary N) is 1. The van der Waals surface area contributed by atoms with Gasteiger partial charge in [-0.1, -0.05) is 18.2 Å². The molecule has 0 aliphatic carbocycles. The minimum Gasteiger partial charge on any atom is -0.487 e. The second kappa shape index (κ2) is 4.23. The number of rotatable bonds is 2. The molecule has 1 fully saturated rings. The number of benzene rings is 1. The van der Waals surface area contributed by atoms with Gasteiger partial charge in [0.1, 0.15) is 17.4 Å². The van der Waals surface area contributed by atoms with Crippen molar-refractivity contribution in [2.75, 3.05) is 6.54 Å². The summed E-state index contributed by atoms with van der Waals surface area (Å²) in [6.45, 7) is 4.88. The molecule has 0 radical (unpaired) electrons. The summed E-state index contributed by atoms with van der Waals surface area (Å²) in [4.78, 5) is 11.3. The van der Waals surface area contributed by atoms with Crippen molar-refractivity contribution in [3.05, 3.63) is 29.3 Å². The second-order valence-corrected chi connectivity index (χ2v) is 6.04. The first-order valence-electron chi connectivity index (χ1n) is 6.75. The van der Waals surface area contributed by atoms with E-state index in [9.17, 15) is 9.90 Å². The molecule has 19 heavy (non-hydrogen) atoms. The highest BCUT2D eigenvalue weighted by molar-refractivity contribution is 5.76. The molecule has 2 aliphatic heterocycles. The molecule has 0 bridgehead atoms. The topological polar surface area (TPSA) is 58.6 Å². The van der Waals surface area contributed by atoms with Gasteiger partial charge >= 0.3 is 5.97 Å². The standard InChI is InChI=1S/C15H19NO3/c1-15(2)8-9-4-3-5-11(13(9)19-15)10-6-7-16-12(10)14(17)18/h3-5,10,12,16H,6-8H2,1-2H3,(H,17,18). The predicted octanol–water partition coefficient (Wildman–Crippen LogP) is 1.93. The van der Waals surface area contributed by atoms with Crippen LogP contribution in [0.4, 0.5) is 0 Å². The van der Waals surface area contributed by atoms with Gasteiger partial charge in [0, 0.05) is 12.3 Å². The fourth-order valence-electron chi connectivity index (χ4n) is 3.23. The van der Waals surface area contributed by atoms with E-state index in [1.165, 1.54) is 5.56 Å². The smallest absolute Gasteiger partial charge is 0.321 e. The molecule has 3 rings (SSSR count). The zero-order chi connectivity index (χ0) is 13.6. The SMILES string of the molecule is CC1(C)Cc2cccc(C3CCNC3C(=O)O)c2O1. The van der Waals surface area contributed by atoms with Crippen LogP contribution in [0.5, 0.6) is 5.75 Å². The number of para-hydroxylation sites is 1. The lowest BCUT2D eigenvalue weighted by atomic mass is 9.89. The van der Waals surface area contributed by atoms with Crippen LogP contribution in [0.15, 0.2) is 18.2 Å². The zero-order valence-corrected chi connectivity index (χ0v) is 11.3. The molecule has 2 heterocycles. The average molecular weight is 261 g/mol. The van der Waals surface area contributed by atoms with Crippen LogP contribution in [-0.2, 0) is 11.2 Å². The first-order chi connectivity index (χ1) is 8.98. The van der Waals surface area contributed by atoms with Crippen LogP contribution in [-0.4, -0.2) is 29.3 Å². The van der Waals surface area contributed by atoms with Crippen LogP contribution in [0.2, 0.25) is 0 Å². The number of hydrogen-bond acceptors (Lipinski definition) is 3. The fraction of sp³-hybridized carbons (Fsp3) is 0.533. The molecular formula is C15H19NO3. The maximum Gasteiger partial charge on any atom is 0.321 e. The third kappa shape index (κ3) is 2.10. The Bertz CT molecular complexity index is 524. The van der Waals surface area contributed by atoms with Crippen molar-refractivity contribution in [2.45, 2.75) is 44.2 Å². The highest BCUT2D eigenvalue weighted by atomic mass is 16.5. The van der Waals surface area contributed by atoms with Crippen LogP contribution in [0.25, 0.3) is 0 Å². The summed E-state index contributed by atoms with van der Waals surface area (Å²) in [5.41, 5.74) is 2.04. The van der Waals surface area contributed by atoms with E-state index in [0.29, 0.717) is 0 Å². The van der Waals surface area contributed by atoms with E-state index in [1.807, 2.05) is 12.1 Å². The van der Waals surface area contributed by atoms with Crippen LogP contribution < -0.4 is 10.1 Å². The molecule has 102 valence electrons. The van der Waals surface area contributed by atoms with Gasteiger partial charge in [-0.05, 0) is 37.9 Å². The maximum absolute atomic E-state index is 11.3. The lowest BCUT2D eigenvalue weighted by Gasteiger charge is -2.21. The first-order valence-corrected chi connectivity index (χ1v) is 6.75. The van der Waals surface area contributed by atoms with Crippen molar-refractivity contribution in [3.63, 3.8) is 0 Å². The molecule has 1 aromatic rings. The van der Waals surface area contributed by atoms with Crippen molar-refractivity contribution < 1.29 is 14.6 Å². The summed E-state index contributed by atoms with van der Waals surface area (Å²) < 4.78 is 6.05.